The first kappa shape index (κ1) is 34.4. The second-order valence-electron chi connectivity index (χ2n) is 12.0. The number of aromatic nitrogens is 4. The minimum atomic E-state index is -0.611. The van der Waals surface area contributed by atoms with Gasteiger partial charge in [-0.05, 0) is 44.0 Å². The number of nitrogens with two attached hydrogens (primary N) is 1. The van der Waals surface area contributed by atoms with Gasteiger partial charge in [-0.25, -0.2) is 9.78 Å². The molecule has 256 valence electrons. The number of ether oxygens (including phenoxy) is 2. The normalized spacial score (nSPS) is 13.8. The fourth-order valence-electron chi connectivity index (χ4n) is 5.69. The van der Waals surface area contributed by atoms with E-state index in [9.17, 15) is 14.4 Å². The Hall–Kier alpha value is -4.95. The van der Waals surface area contributed by atoms with Crippen LogP contribution in [0.25, 0.3) is 11.0 Å². The van der Waals surface area contributed by atoms with Gasteiger partial charge in [-0.1, -0.05) is 37.3 Å². The zero-order valence-corrected chi connectivity index (χ0v) is 27.9. The largest absolute Gasteiger partial charge is 0.491 e. The second kappa shape index (κ2) is 16.2. The van der Waals surface area contributed by atoms with Crippen molar-refractivity contribution in [1.82, 2.24) is 34.4 Å². The molecule has 1 aliphatic rings. The van der Waals surface area contributed by atoms with E-state index in [0.717, 1.165) is 44.7 Å². The zero-order chi connectivity index (χ0) is 34.0. The molecule has 0 bridgehead atoms. The van der Waals surface area contributed by atoms with E-state index in [0.29, 0.717) is 60.6 Å². The molecular formula is C34H45N9O5. The van der Waals surface area contributed by atoms with Gasteiger partial charge in [0.05, 0.1) is 23.4 Å². The highest BCUT2D eigenvalue weighted by Gasteiger charge is 2.22. The summed E-state index contributed by atoms with van der Waals surface area (Å²) in [7, 11) is 3.90. The highest BCUT2D eigenvalue weighted by molar-refractivity contribution is 6.05. The third kappa shape index (κ3) is 8.89. The summed E-state index contributed by atoms with van der Waals surface area (Å²) in [5.41, 5.74) is 9.01. The lowest BCUT2D eigenvalue weighted by Gasteiger charge is -2.32. The van der Waals surface area contributed by atoms with E-state index in [1.807, 2.05) is 41.8 Å². The Bertz CT molecular complexity index is 1710. The number of benzene rings is 2. The van der Waals surface area contributed by atoms with E-state index in [4.69, 9.17) is 20.2 Å². The van der Waals surface area contributed by atoms with Crippen LogP contribution in [-0.4, -0.2) is 100.0 Å². The molecule has 1 aliphatic heterocycles. The highest BCUT2D eigenvalue weighted by atomic mass is 16.5. The van der Waals surface area contributed by atoms with Crippen LogP contribution in [0.5, 0.6) is 5.75 Å². The fourth-order valence-corrected chi connectivity index (χ4v) is 5.69. The maximum Gasteiger partial charge on any atom is 0.407 e. The van der Waals surface area contributed by atoms with Gasteiger partial charge in [-0.3, -0.25) is 19.6 Å². The van der Waals surface area contributed by atoms with Gasteiger partial charge in [0.1, 0.15) is 17.9 Å². The van der Waals surface area contributed by atoms with Crippen molar-refractivity contribution >= 4 is 34.9 Å². The van der Waals surface area contributed by atoms with Crippen molar-refractivity contribution in [3.8, 4) is 5.75 Å². The Morgan fingerprint density at radius 2 is 1.77 bits per heavy atom. The standard InChI is InChI=1S/C34H45N9O5/c1-4-27-26(22-41(3)39-27)32(45)38-33-37-28-20-25(31(35)44)21-29(47-19-9-13-42-17-15-40(2)16-18-42)30(28)43(33)14-8-12-36-34(46)48-23-24-10-6-5-7-11-24/h5-7,10-11,20-22H,4,8-9,12-19,23H2,1-3H3,(H2,35,44)(H,36,46)(H,37,38,45). The van der Waals surface area contributed by atoms with Gasteiger partial charge in [0.25, 0.3) is 5.91 Å². The van der Waals surface area contributed by atoms with Crippen molar-refractivity contribution in [3.05, 3.63) is 71.0 Å². The lowest BCUT2D eigenvalue weighted by Crippen LogP contribution is -2.44. The topological polar surface area (TPSA) is 162 Å². The Morgan fingerprint density at radius 3 is 2.50 bits per heavy atom. The van der Waals surface area contributed by atoms with E-state index >= 15 is 0 Å². The molecule has 1 fully saturated rings. The number of aryl methyl sites for hydroxylation is 3. The molecule has 0 unspecified atom stereocenters. The van der Waals surface area contributed by atoms with Crippen molar-refractivity contribution in [3.63, 3.8) is 0 Å². The first-order chi connectivity index (χ1) is 23.2. The summed E-state index contributed by atoms with van der Waals surface area (Å²) in [6, 6.07) is 12.7. The number of piperazine rings is 1. The maximum atomic E-state index is 13.5. The maximum absolute atomic E-state index is 13.5. The third-order valence-corrected chi connectivity index (χ3v) is 8.31. The van der Waals surface area contributed by atoms with Crippen LogP contribution in [0.15, 0.2) is 48.7 Å². The number of anilines is 1. The summed E-state index contributed by atoms with van der Waals surface area (Å²) < 4.78 is 15.1. The van der Waals surface area contributed by atoms with Crippen LogP contribution >= 0.6 is 0 Å². The number of carbonyl (C=O) groups is 3. The SMILES string of the molecule is CCc1nn(C)cc1C(=O)Nc1nc2cc(C(N)=O)cc(OCCCN3CCN(C)CC3)c2n1CCCNC(=O)OCc1ccccc1. The zero-order valence-electron chi connectivity index (χ0n) is 27.9. The molecule has 0 spiro atoms. The molecule has 2 aromatic carbocycles. The molecule has 3 heterocycles. The Balaban J connectivity index is 1.34. The molecule has 4 aromatic rings. The molecule has 48 heavy (non-hydrogen) atoms. The van der Waals surface area contributed by atoms with E-state index in [1.54, 1.807) is 30.1 Å². The third-order valence-electron chi connectivity index (χ3n) is 8.31. The number of primary amides is 1. The molecule has 2 aromatic heterocycles. The lowest BCUT2D eigenvalue weighted by atomic mass is 10.1. The summed E-state index contributed by atoms with van der Waals surface area (Å²) in [5.74, 6) is -0.251. The molecule has 4 N–H and O–H groups in total. The molecule has 0 atom stereocenters. The van der Waals surface area contributed by atoms with Crippen LogP contribution < -0.4 is 21.1 Å². The minimum absolute atomic E-state index is 0.167. The van der Waals surface area contributed by atoms with Crippen molar-refractivity contribution < 1.29 is 23.9 Å². The summed E-state index contributed by atoms with van der Waals surface area (Å²) >= 11 is 0. The molecule has 5 rings (SSSR count). The fraction of sp³-hybridized carbons (Fsp3) is 0.441. The number of alkyl carbamates (subject to hydrolysis) is 1. The molecule has 0 radical (unpaired) electrons. The molecule has 0 aliphatic carbocycles. The Kier molecular flexibility index (Phi) is 11.6. The summed E-state index contributed by atoms with van der Waals surface area (Å²) in [6.45, 7) is 8.19. The first-order valence-electron chi connectivity index (χ1n) is 16.4. The van der Waals surface area contributed by atoms with Crippen LogP contribution in [0.1, 0.15) is 51.7 Å². The number of hydrogen-bond acceptors (Lipinski definition) is 9. The van der Waals surface area contributed by atoms with Gasteiger partial charge in [0, 0.05) is 64.6 Å². The molecular weight excluding hydrogens is 614 g/mol. The number of hydrogen-bond donors (Lipinski definition) is 3. The Morgan fingerprint density at radius 1 is 1.00 bits per heavy atom. The average Bonchev–Trinajstić information content (AvgIpc) is 3.64. The van der Waals surface area contributed by atoms with Gasteiger partial charge in [-0.2, -0.15) is 5.10 Å². The molecule has 1 saturated heterocycles. The predicted octanol–water partition coefficient (Wildman–Crippen LogP) is 3.02. The van der Waals surface area contributed by atoms with Crippen molar-refractivity contribution in [2.75, 3.05) is 58.2 Å². The molecule has 14 heteroatoms. The monoisotopic (exact) mass is 659 g/mol. The van der Waals surface area contributed by atoms with E-state index in [1.165, 1.54) is 0 Å². The minimum Gasteiger partial charge on any atom is -0.491 e. The van der Waals surface area contributed by atoms with E-state index in [2.05, 4.69) is 32.6 Å². The smallest absolute Gasteiger partial charge is 0.407 e. The van der Waals surface area contributed by atoms with Crippen molar-refractivity contribution in [1.29, 1.82) is 0 Å². The number of nitrogens with one attached hydrogen (secondary N) is 2. The van der Waals surface area contributed by atoms with Gasteiger partial charge < -0.3 is 34.9 Å². The number of carbonyl (C=O) groups excluding carboxylic acids is 3. The van der Waals surface area contributed by atoms with Gasteiger partial charge >= 0.3 is 6.09 Å². The number of likely N-dealkylation sites (N-methyl/N-ethyl adjacent to an activating group) is 1. The van der Waals surface area contributed by atoms with Crippen molar-refractivity contribution in [2.45, 2.75) is 39.3 Å². The van der Waals surface area contributed by atoms with Crippen LogP contribution in [0.4, 0.5) is 10.7 Å². The van der Waals surface area contributed by atoms with Crippen LogP contribution in [0.2, 0.25) is 0 Å². The summed E-state index contributed by atoms with van der Waals surface area (Å²) in [6.07, 6.45) is 3.01. The van der Waals surface area contributed by atoms with Crippen LogP contribution in [0.3, 0.4) is 0 Å². The summed E-state index contributed by atoms with van der Waals surface area (Å²) in [4.78, 5) is 47.6. The van der Waals surface area contributed by atoms with Crippen LogP contribution in [0, 0.1) is 0 Å². The van der Waals surface area contributed by atoms with Gasteiger partial charge in [0.15, 0.2) is 0 Å². The average molecular weight is 660 g/mol. The number of amides is 3. The molecule has 3 amide bonds. The first-order valence-corrected chi connectivity index (χ1v) is 16.4. The predicted molar refractivity (Wildman–Crippen MR) is 182 cm³/mol. The number of imidazole rings is 1. The second-order valence-corrected chi connectivity index (χ2v) is 12.0. The van der Waals surface area contributed by atoms with Crippen molar-refractivity contribution in [2.24, 2.45) is 12.8 Å². The summed E-state index contributed by atoms with van der Waals surface area (Å²) in [5, 5.41) is 10.1. The number of fused-ring (bicyclic) bond motifs is 1. The quantitative estimate of drug-likeness (QED) is 0.163. The molecule has 14 nitrogen and oxygen atoms in total. The number of rotatable bonds is 15. The Labute approximate surface area is 280 Å². The van der Waals surface area contributed by atoms with Gasteiger partial charge in [-0.15, -0.1) is 0 Å². The number of nitrogens with zero attached hydrogens (tertiary/aromatic N) is 6. The highest BCUT2D eigenvalue weighted by Crippen LogP contribution is 2.31. The lowest BCUT2D eigenvalue weighted by molar-refractivity contribution is 0.0997. The molecule has 0 saturated carbocycles. The van der Waals surface area contributed by atoms with Gasteiger partial charge in [0.2, 0.25) is 11.9 Å². The van der Waals surface area contributed by atoms with Crippen LogP contribution in [-0.2, 0) is 31.4 Å². The van der Waals surface area contributed by atoms with E-state index < -0.39 is 12.0 Å². The van der Waals surface area contributed by atoms with E-state index in [-0.39, 0.29) is 24.0 Å².